The molecule has 1 saturated heterocycles. The van der Waals surface area contributed by atoms with Crippen LogP contribution < -0.4 is 16.0 Å². The molecule has 1 heterocycles. The van der Waals surface area contributed by atoms with E-state index in [-0.39, 0.29) is 18.5 Å². The Kier molecular flexibility index (Phi) is 9.56. The summed E-state index contributed by atoms with van der Waals surface area (Å²) < 4.78 is 0. The van der Waals surface area contributed by atoms with Crippen LogP contribution in [0.5, 0.6) is 0 Å². The van der Waals surface area contributed by atoms with Gasteiger partial charge >= 0.3 is 0 Å². The summed E-state index contributed by atoms with van der Waals surface area (Å²) in [6.45, 7) is 0. The standard InChI is InChI=1S/C58H45N3/c1-5-18-40(19-6-1)41-34-36-43(37-35-41)56-59-55(42-20-7-2-8-21-42)60-57(61-56)47-25-16-23-45(39-47)44-22-15-24-46(38-44)50-31-17-33-53-54(50)51-30-13-14-32-52(51)58(53,48-26-9-3-10-27-48)49-28-11-4-12-29-49/h1-39,55-57,59-61H. The van der Waals surface area contributed by atoms with E-state index in [1.807, 2.05) is 0 Å². The predicted molar refractivity (Wildman–Crippen MR) is 251 cm³/mol. The van der Waals surface area contributed by atoms with Gasteiger partial charge in [-0.1, -0.05) is 224 Å². The average molecular weight is 784 g/mol. The van der Waals surface area contributed by atoms with E-state index < -0.39 is 5.41 Å². The first-order chi connectivity index (χ1) is 30.2. The number of rotatable bonds is 8. The highest BCUT2D eigenvalue weighted by Gasteiger charge is 2.46. The average Bonchev–Trinajstić information content (AvgIpc) is 3.66. The second-order valence-electron chi connectivity index (χ2n) is 16.2. The van der Waals surface area contributed by atoms with E-state index in [0.717, 1.165) is 0 Å². The van der Waals surface area contributed by atoms with Crippen molar-refractivity contribution in [2.45, 2.75) is 23.9 Å². The predicted octanol–water partition coefficient (Wildman–Crippen LogP) is 13.2. The lowest BCUT2D eigenvalue weighted by atomic mass is 9.67. The molecule has 9 aromatic carbocycles. The molecule has 3 N–H and O–H groups in total. The second-order valence-corrected chi connectivity index (χ2v) is 16.2. The highest BCUT2D eigenvalue weighted by molar-refractivity contribution is 5.96. The summed E-state index contributed by atoms with van der Waals surface area (Å²) in [5, 5.41) is 11.6. The van der Waals surface area contributed by atoms with Gasteiger partial charge in [-0.2, -0.15) is 0 Å². The van der Waals surface area contributed by atoms with Crippen LogP contribution in [0, 0.1) is 0 Å². The van der Waals surface area contributed by atoms with Crippen LogP contribution in [0.15, 0.2) is 237 Å². The third kappa shape index (κ3) is 6.61. The molecule has 0 saturated carbocycles. The molecule has 3 atom stereocenters. The Hall–Kier alpha value is -7.14. The topological polar surface area (TPSA) is 36.1 Å². The van der Waals surface area contributed by atoms with E-state index in [0.29, 0.717) is 0 Å². The zero-order valence-corrected chi connectivity index (χ0v) is 33.7. The second kappa shape index (κ2) is 15.8. The zero-order chi connectivity index (χ0) is 40.6. The van der Waals surface area contributed by atoms with Crippen molar-refractivity contribution < 1.29 is 0 Å². The molecular weight excluding hydrogens is 739 g/mol. The summed E-state index contributed by atoms with van der Waals surface area (Å²) in [5.74, 6) is 0. The lowest BCUT2D eigenvalue weighted by molar-refractivity contribution is 0.203. The minimum absolute atomic E-state index is 0.0554. The molecule has 292 valence electrons. The van der Waals surface area contributed by atoms with Crippen LogP contribution in [0.1, 0.15) is 57.4 Å². The Balaban J connectivity index is 0.964. The van der Waals surface area contributed by atoms with Crippen molar-refractivity contribution in [2.75, 3.05) is 0 Å². The van der Waals surface area contributed by atoms with E-state index >= 15 is 0 Å². The molecule has 11 rings (SSSR count). The summed E-state index contributed by atoms with van der Waals surface area (Å²) in [6.07, 6.45) is -0.234. The fourth-order valence-corrected chi connectivity index (χ4v) is 9.86. The number of hydrogen-bond donors (Lipinski definition) is 3. The molecule has 0 aromatic heterocycles. The van der Waals surface area contributed by atoms with Crippen molar-refractivity contribution in [3.05, 3.63) is 276 Å². The normalized spacial score (nSPS) is 17.6. The van der Waals surface area contributed by atoms with Gasteiger partial charge in [-0.15, -0.1) is 0 Å². The fourth-order valence-electron chi connectivity index (χ4n) is 9.86. The molecule has 0 spiro atoms. The van der Waals surface area contributed by atoms with E-state index in [9.17, 15) is 0 Å². The number of hydrogen-bond acceptors (Lipinski definition) is 3. The molecule has 3 heteroatoms. The molecule has 1 aliphatic heterocycles. The summed E-state index contributed by atoms with van der Waals surface area (Å²) in [4.78, 5) is 0. The molecule has 61 heavy (non-hydrogen) atoms. The van der Waals surface area contributed by atoms with Gasteiger partial charge in [0.15, 0.2) is 0 Å². The van der Waals surface area contributed by atoms with Gasteiger partial charge in [-0.25, -0.2) is 0 Å². The van der Waals surface area contributed by atoms with Gasteiger partial charge < -0.3 is 0 Å². The van der Waals surface area contributed by atoms with Gasteiger partial charge in [0.1, 0.15) is 0 Å². The van der Waals surface area contributed by atoms with Gasteiger partial charge in [0.25, 0.3) is 0 Å². The van der Waals surface area contributed by atoms with Gasteiger partial charge in [0.05, 0.1) is 23.9 Å². The smallest absolute Gasteiger partial charge is 0.0864 e. The molecule has 1 fully saturated rings. The monoisotopic (exact) mass is 783 g/mol. The molecule has 9 aromatic rings. The fraction of sp³-hybridized carbons (Fsp3) is 0.0690. The van der Waals surface area contributed by atoms with E-state index in [1.54, 1.807) is 0 Å². The molecule has 2 aliphatic rings. The van der Waals surface area contributed by atoms with Crippen molar-refractivity contribution >= 4 is 0 Å². The van der Waals surface area contributed by atoms with Crippen molar-refractivity contribution in [1.29, 1.82) is 0 Å². The van der Waals surface area contributed by atoms with Crippen molar-refractivity contribution in [3.8, 4) is 44.5 Å². The first-order valence-corrected chi connectivity index (χ1v) is 21.3. The summed E-state index contributed by atoms with van der Waals surface area (Å²) in [7, 11) is 0. The number of benzene rings is 9. The van der Waals surface area contributed by atoms with Crippen molar-refractivity contribution in [2.24, 2.45) is 0 Å². The quantitative estimate of drug-likeness (QED) is 0.144. The maximum Gasteiger partial charge on any atom is 0.0864 e. The SMILES string of the molecule is c1ccc(-c2ccc(C3NC(c4ccccc4)NC(c4cccc(-c5cccc(-c6cccc7c6-c6ccccc6C7(c6ccccc6)c6ccccc6)c5)c4)N3)cc2)cc1. The highest BCUT2D eigenvalue weighted by Crippen LogP contribution is 2.58. The Morgan fingerprint density at radius 1 is 0.279 bits per heavy atom. The maximum absolute atomic E-state index is 3.91. The van der Waals surface area contributed by atoms with Crippen LogP contribution in [0.4, 0.5) is 0 Å². The molecule has 0 amide bonds. The summed E-state index contributed by atoms with van der Waals surface area (Å²) >= 11 is 0. The Morgan fingerprint density at radius 3 is 1.38 bits per heavy atom. The first-order valence-electron chi connectivity index (χ1n) is 21.3. The van der Waals surface area contributed by atoms with Crippen LogP contribution in [-0.2, 0) is 5.41 Å². The third-order valence-electron chi connectivity index (χ3n) is 12.7. The van der Waals surface area contributed by atoms with Gasteiger partial charge in [-0.05, 0) is 95.6 Å². The Morgan fingerprint density at radius 2 is 0.705 bits per heavy atom. The lowest BCUT2D eigenvalue weighted by Crippen LogP contribution is -2.54. The van der Waals surface area contributed by atoms with E-state index in [2.05, 4.69) is 253 Å². The molecular formula is C58H45N3. The van der Waals surface area contributed by atoms with Crippen LogP contribution >= 0.6 is 0 Å². The molecule has 0 radical (unpaired) electrons. The largest absolute Gasteiger partial charge is 0.279 e. The summed E-state index contributed by atoms with van der Waals surface area (Å²) in [5.41, 5.74) is 18.1. The minimum atomic E-state index is -0.440. The van der Waals surface area contributed by atoms with Crippen LogP contribution in [0.2, 0.25) is 0 Å². The zero-order valence-electron chi connectivity index (χ0n) is 33.7. The molecule has 0 bridgehead atoms. The summed E-state index contributed by atoms with van der Waals surface area (Å²) in [6, 6.07) is 86.2. The molecule has 3 nitrogen and oxygen atoms in total. The highest BCUT2D eigenvalue weighted by atomic mass is 15.4. The van der Waals surface area contributed by atoms with Crippen molar-refractivity contribution in [1.82, 2.24) is 16.0 Å². The van der Waals surface area contributed by atoms with E-state index in [1.165, 1.54) is 83.5 Å². The number of fused-ring (bicyclic) bond motifs is 3. The van der Waals surface area contributed by atoms with Crippen LogP contribution in [-0.4, -0.2) is 0 Å². The molecule has 3 unspecified atom stereocenters. The van der Waals surface area contributed by atoms with E-state index in [4.69, 9.17) is 0 Å². The maximum atomic E-state index is 3.91. The molecule has 1 aliphatic carbocycles. The van der Waals surface area contributed by atoms with Crippen LogP contribution in [0.3, 0.4) is 0 Å². The van der Waals surface area contributed by atoms with Crippen LogP contribution in [0.25, 0.3) is 44.5 Å². The van der Waals surface area contributed by atoms with Crippen molar-refractivity contribution in [3.63, 3.8) is 0 Å². The lowest BCUT2D eigenvalue weighted by Gasteiger charge is -2.39. The number of nitrogens with one attached hydrogen (secondary N) is 3. The van der Waals surface area contributed by atoms with Gasteiger partial charge in [0.2, 0.25) is 0 Å². The van der Waals surface area contributed by atoms with Gasteiger partial charge in [0, 0.05) is 0 Å². The Bertz CT molecular complexity index is 2910. The third-order valence-corrected chi connectivity index (χ3v) is 12.7. The Labute approximate surface area is 358 Å². The van der Waals surface area contributed by atoms with Gasteiger partial charge in [-0.3, -0.25) is 16.0 Å². The first kappa shape index (κ1) is 36.9. The minimum Gasteiger partial charge on any atom is -0.279 e.